The monoisotopic (exact) mass is 277 g/mol. The Kier molecular flexibility index (Phi) is 4.56. The summed E-state index contributed by atoms with van der Waals surface area (Å²) in [6.07, 6.45) is 0. The van der Waals surface area contributed by atoms with E-state index in [1.807, 2.05) is 31.2 Å². The Morgan fingerprint density at radius 3 is 2.63 bits per heavy atom. The fourth-order valence-electron chi connectivity index (χ4n) is 2.12. The molecule has 1 N–H and O–H groups in total. The van der Waals surface area contributed by atoms with Crippen molar-refractivity contribution in [2.75, 3.05) is 6.54 Å². The minimum Gasteiger partial charge on any atom is -0.313 e. The Morgan fingerprint density at radius 1 is 1.16 bits per heavy atom. The molecule has 0 saturated heterocycles. The van der Waals surface area contributed by atoms with E-state index in [1.165, 1.54) is 6.07 Å². The van der Waals surface area contributed by atoms with E-state index in [2.05, 4.69) is 12.2 Å². The summed E-state index contributed by atoms with van der Waals surface area (Å²) < 4.78 is 13.5. The van der Waals surface area contributed by atoms with Crippen LogP contribution in [0.15, 0.2) is 36.4 Å². The van der Waals surface area contributed by atoms with Crippen LogP contribution < -0.4 is 5.32 Å². The van der Waals surface area contributed by atoms with Crippen molar-refractivity contribution in [3.05, 3.63) is 58.4 Å². The molecule has 0 aliphatic rings. The van der Waals surface area contributed by atoms with Crippen LogP contribution in [-0.4, -0.2) is 6.54 Å². The second kappa shape index (κ2) is 6.18. The van der Waals surface area contributed by atoms with E-state index in [0.717, 1.165) is 35.3 Å². The maximum atomic E-state index is 13.5. The van der Waals surface area contributed by atoms with Gasteiger partial charge in [-0.2, -0.15) is 0 Å². The SMILES string of the molecule is CCNCc1ccc(Cl)cc1-c1cc(C)cc(F)c1. The van der Waals surface area contributed by atoms with Crippen molar-refractivity contribution in [1.29, 1.82) is 0 Å². The Morgan fingerprint density at radius 2 is 1.95 bits per heavy atom. The molecular weight excluding hydrogens is 261 g/mol. The topological polar surface area (TPSA) is 12.0 Å². The summed E-state index contributed by atoms with van der Waals surface area (Å²) in [7, 11) is 0. The molecular formula is C16H17ClFN. The first-order valence-electron chi connectivity index (χ1n) is 6.37. The molecule has 0 aliphatic carbocycles. The second-order valence-electron chi connectivity index (χ2n) is 4.60. The van der Waals surface area contributed by atoms with E-state index < -0.39 is 0 Å². The van der Waals surface area contributed by atoms with Crippen LogP contribution >= 0.6 is 11.6 Å². The zero-order valence-corrected chi connectivity index (χ0v) is 11.9. The van der Waals surface area contributed by atoms with Gasteiger partial charge in [0.1, 0.15) is 5.82 Å². The third kappa shape index (κ3) is 3.55. The van der Waals surface area contributed by atoms with Crippen LogP contribution in [0, 0.1) is 12.7 Å². The Balaban J connectivity index is 2.49. The summed E-state index contributed by atoms with van der Waals surface area (Å²) in [6, 6.07) is 10.8. The van der Waals surface area contributed by atoms with Gasteiger partial charge in [-0.3, -0.25) is 0 Å². The largest absolute Gasteiger partial charge is 0.313 e. The molecule has 2 aromatic rings. The van der Waals surface area contributed by atoms with Crippen molar-refractivity contribution < 1.29 is 4.39 Å². The summed E-state index contributed by atoms with van der Waals surface area (Å²) in [5.41, 5.74) is 3.88. The summed E-state index contributed by atoms with van der Waals surface area (Å²) >= 11 is 6.07. The lowest BCUT2D eigenvalue weighted by Crippen LogP contribution is -2.12. The van der Waals surface area contributed by atoms with Gasteiger partial charge in [-0.15, -0.1) is 0 Å². The summed E-state index contributed by atoms with van der Waals surface area (Å²) in [5.74, 6) is -0.218. The van der Waals surface area contributed by atoms with E-state index >= 15 is 0 Å². The Labute approximate surface area is 118 Å². The number of rotatable bonds is 4. The molecule has 0 saturated carbocycles. The standard InChI is InChI=1S/C16H17ClFN/c1-3-19-10-12-4-5-14(17)9-16(12)13-6-11(2)7-15(18)8-13/h4-9,19H,3,10H2,1-2H3. The number of hydrogen-bond donors (Lipinski definition) is 1. The molecule has 19 heavy (non-hydrogen) atoms. The van der Waals surface area contributed by atoms with Gasteiger partial charge < -0.3 is 5.32 Å². The lowest BCUT2D eigenvalue weighted by atomic mass is 9.98. The highest BCUT2D eigenvalue weighted by molar-refractivity contribution is 6.30. The minimum atomic E-state index is -0.218. The molecule has 0 spiro atoms. The van der Waals surface area contributed by atoms with Crippen molar-refractivity contribution in [2.45, 2.75) is 20.4 Å². The molecule has 0 amide bonds. The fourth-order valence-corrected chi connectivity index (χ4v) is 2.30. The lowest BCUT2D eigenvalue weighted by Gasteiger charge is -2.12. The Hall–Kier alpha value is -1.38. The number of aryl methyl sites for hydroxylation is 1. The molecule has 0 fully saturated rings. The normalized spacial score (nSPS) is 10.7. The maximum absolute atomic E-state index is 13.5. The van der Waals surface area contributed by atoms with Crippen molar-refractivity contribution >= 4 is 11.6 Å². The van der Waals surface area contributed by atoms with E-state index in [9.17, 15) is 4.39 Å². The van der Waals surface area contributed by atoms with Crippen molar-refractivity contribution in [2.24, 2.45) is 0 Å². The average molecular weight is 278 g/mol. The van der Waals surface area contributed by atoms with Gasteiger partial charge in [-0.05, 0) is 60.0 Å². The van der Waals surface area contributed by atoms with Gasteiger partial charge in [0.25, 0.3) is 0 Å². The van der Waals surface area contributed by atoms with Crippen LogP contribution in [0.4, 0.5) is 4.39 Å². The number of benzene rings is 2. The molecule has 0 atom stereocenters. The van der Waals surface area contributed by atoms with Gasteiger partial charge in [-0.25, -0.2) is 4.39 Å². The van der Waals surface area contributed by atoms with Gasteiger partial charge in [0.2, 0.25) is 0 Å². The lowest BCUT2D eigenvalue weighted by molar-refractivity contribution is 0.627. The highest BCUT2D eigenvalue weighted by atomic mass is 35.5. The summed E-state index contributed by atoms with van der Waals surface area (Å²) in [5, 5.41) is 3.95. The predicted octanol–water partition coefficient (Wildman–Crippen LogP) is 4.56. The zero-order chi connectivity index (χ0) is 13.8. The predicted molar refractivity (Wildman–Crippen MR) is 79.0 cm³/mol. The maximum Gasteiger partial charge on any atom is 0.124 e. The van der Waals surface area contributed by atoms with Gasteiger partial charge in [-0.1, -0.05) is 30.7 Å². The molecule has 0 unspecified atom stereocenters. The second-order valence-corrected chi connectivity index (χ2v) is 5.04. The van der Waals surface area contributed by atoms with E-state index in [-0.39, 0.29) is 5.82 Å². The molecule has 0 aliphatic heterocycles. The summed E-state index contributed by atoms with van der Waals surface area (Å²) in [6.45, 7) is 5.59. The van der Waals surface area contributed by atoms with Gasteiger partial charge in [0.15, 0.2) is 0 Å². The fraction of sp³-hybridized carbons (Fsp3) is 0.250. The molecule has 0 bridgehead atoms. The number of hydrogen-bond acceptors (Lipinski definition) is 1. The molecule has 2 rings (SSSR count). The molecule has 2 aromatic carbocycles. The van der Waals surface area contributed by atoms with Crippen molar-refractivity contribution in [1.82, 2.24) is 5.32 Å². The Bertz CT molecular complexity index is 561. The molecule has 1 nitrogen and oxygen atoms in total. The van der Waals surface area contributed by atoms with E-state index in [1.54, 1.807) is 6.07 Å². The van der Waals surface area contributed by atoms with E-state index in [4.69, 9.17) is 11.6 Å². The highest BCUT2D eigenvalue weighted by Crippen LogP contribution is 2.28. The summed E-state index contributed by atoms with van der Waals surface area (Å²) in [4.78, 5) is 0. The third-order valence-corrected chi connectivity index (χ3v) is 3.23. The van der Waals surface area contributed by atoms with Crippen molar-refractivity contribution in [3.8, 4) is 11.1 Å². The van der Waals surface area contributed by atoms with Crippen LogP contribution in [0.3, 0.4) is 0 Å². The highest BCUT2D eigenvalue weighted by Gasteiger charge is 2.08. The average Bonchev–Trinajstić information content (AvgIpc) is 2.36. The van der Waals surface area contributed by atoms with Crippen LogP contribution in [0.25, 0.3) is 11.1 Å². The third-order valence-electron chi connectivity index (χ3n) is 2.99. The van der Waals surface area contributed by atoms with Crippen LogP contribution in [0.1, 0.15) is 18.1 Å². The molecule has 100 valence electrons. The minimum absolute atomic E-state index is 0.218. The van der Waals surface area contributed by atoms with Gasteiger partial charge in [0.05, 0.1) is 0 Å². The quantitative estimate of drug-likeness (QED) is 0.864. The van der Waals surface area contributed by atoms with Crippen molar-refractivity contribution in [3.63, 3.8) is 0 Å². The van der Waals surface area contributed by atoms with Crippen LogP contribution in [0.5, 0.6) is 0 Å². The zero-order valence-electron chi connectivity index (χ0n) is 11.1. The van der Waals surface area contributed by atoms with Gasteiger partial charge >= 0.3 is 0 Å². The smallest absolute Gasteiger partial charge is 0.124 e. The van der Waals surface area contributed by atoms with Crippen LogP contribution in [-0.2, 0) is 6.54 Å². The van der Waals surface area contributed by atoms with Gasteiger partial charge in [0, 0.05) is 11.6 Å². The number of nitrogens with one attached hydrogen (secondary N) is 1. The first-order valence-corrected chi connectivity index (χ1v) is 6.74. The molecule has 0 radical (unpaired) electrons. The van der Waals surface area contributed by atoms with Crippen LogP contribution in [0.2, 0.25) is 5.02 Å². The first-order chi connectivity index (χ1) is 9.10. The molecule has 0 aromatic heterocycles. The van der Waals surface area contributed by atoms with E-state index in [0.29, 0.717) is 5.02 Å². The number of halogens is 2. The molecule has 3 heteroatoms. The first kappa shape index (κ1) is 14.0. The molecule has 0 heterocycles.